The number of rotatable bonds is 6. The van der Waals surface area contributed by atoms with Crippen LogP contribution in [0.15, 0.2) is 89.9 Å². The van der Waals surface area contributed by atoms with Crippen molar-refractivity contribution in [1.29, 1.82) is 0 Å². The lowest BCUT2D eigenvalue weighted by Gasteiger charge is -2.32. The molecule has 3 aromatic rings. The number of halogens is 1. The van der Waals surface area contributed by atoms with Crippen LogP contribution in [0, 0.1) is 5.82 Å². The molecule has 0 aliphatic carbocycles. The van der Waals surface area contributed by atoms with Gasteiger partial charge in [-0.15, -0.1) is 0 Å². The Morgan fingerprint density at radius 2 is 1.66 bits per heavy atom. The molecule has 4 rings (SSSR count). The Hall–Kier alpha value is -3.45. The molecule has 0 saturated carbocycles. The number of carbonyl (C=O) groups excluding carboxylic acids is 2. The zero-order valence-corrected chi connectivity index (χ0v) is 18.1. The van der Waals surface area contributed by atoms with E-state index in [2.05, 4.69) is 10.3 Å². The molecule has 7 heteroatoms. The molecule has 1 saturated heterocycles. The first kappa shape index (κ1) is 21.8. The highest BCUT2D eigenvalue weighted by Crippen LogP contribution is 2.30. The number of para-hydroxylation sites is 1. The van der Waals surface area contributed by atoms with E-state index in [0.717, 1.165) is 5.56 Å². The van der Waals surface area contributed by atoms with E-state index in [1.807, 2.05) is 48.5 Å². The number of carbonyl (C=O) groups is 2. The summed E-state index contributed by atoms with van der Waals surface area (Å²) in [6, 6.07) is 24.8. The van der Waals surface area contributed by atoms with Crippen molar-refractivity contribution in [2.45, 2.75) is 18.1 Å². The summed E-state index contributed by atoms with van der Waals surface area (Å²) in [6.45, 7) is 0.447. The summed E-state index contributed by atoms with van der Waals surface area (Å²) < 4.78 is 13.3. The van der Waals surface area contributed by atoms with Gasteiger partial charge in [0.05, 0.1) is 5.69 Å². The van der Waals surface area contributed by atoms with Gasteiger partial charge in [-0.05, 0) is 48.4 Å². The van der Waals surface area contributed by atoms with Gasteiger partial charge in [0, 0.05) is 18.7 Å². The second-order valence-corrected chi connectivity index (χ2v) is 8.49. The zero-order chi connectivity index (χ0) is 22.3. The Morgan fingerprint density at radius 1 is 1.00 bits per heavy atom. The van der Waals surface area contributed by atoms with Crippen LogP contribution >= 0.6 is 11.8 Å². The maximum absolute atomic E-state index is 13.3. The van der Waals surface area contributed by atoms with Crippen molar-refractivity contribution < 1.29 is 14.0 Å². The van der Waals surface area contributed by atoms with Gasteiger partial charge in [0.2, 0.25) is 11.8 Å². The molecule has 1 fully saturated rings. The van der Waals surface area contributed by atoms with E-state index in [-0.39, 0.29) is 24.1 Å². The van der Waals surface area contributed by atoms with Crippen LogP contribution in [0.3, 0.4) is 0 Å². The predicted octanol–water partition coefficient (Wildman–Crippen LogP) is 5.03. The summed E-state index contributed by atoms with van der Waals surface area (Å²) >= 11 is 1.25. The van der Waals surface area contributed by atoms with Crippen molar-refractivity contribution in [3.8, 4) is 0 Å². The van der Waals surface area contributed by atoms with Crippen LogP contribution in [-0.2, 0) is 16.0 Å². The lowest BCUT2D eigenvalue weighted by molar-refractivity contribution is -0.129. The van der Waals surface area contributed by atoms with Gasteiger partial charge in [0.1, 0.15) is 11.1 Å². The Labute approximate surface area is 190 Å². The van der Waals surface area contributed by atoms with Gasteiger partial charge < -0.3 is 5.32 Å². The number of hydrogen-bond acceptors (Lipinski definition) is 4. The third-order valence-electron chi connectivity index (χ3n) is 4.99. The molecule has 1 aliphatic rings. The highest BCUT2D eigenvalue weighted by molar-refractivity contribution is 8.15. The molecule has 0 bridgehead atoms. The second-order valence-electron chi connectivity index (χ2n) is 7.32. The van der Waals surface area contributed by atoms with Crippen LogP contribution < -0.4 is 5.32 Å². The van der Waals surface area contributed by atoms with E-state index in [0.29, 0.717) is 29.5 Å². The molecule has 1 heterocycles. The third kappa shape index (κ3) is 5.62. The standard InChI is InChI=1S/C25H22FN3O2S/c26-19-11-13-21(14-12-19)28-25-29(16-15-18-7-3-1-4-8-18)23(30)17-22(32-25)24(31)27-20-9-5-2-6-10-20/h1-14,22H,15-17H2,(H,27,31). The molecule has 1 unspecified atom stereocenters. The fraction of sp³-hybridized carbons (Fsp3) is 0.160. The first-order valence-electron chi connectivity index (χ1n) is 10.3. The highest BCUT2D eigenvalue weighted by atomic mass is 32.2. The summed E-state index contributed by atoms with van der Waals surface area (Å²) in [7, 11) is 0. The topological polar surface area (TPSA) is 61.8 Å². The molecule has 1 atom stereocenters. The largest absolute Gasteiger partial charge is 0.325 e. The van der Waals surface area contributed by atoms with Gasteiger partial charge in [0.25, 0.3) is 0 Å². The van der Waals surface area contributed by atoms with E-state index >= 15 is 0 Å². The van der Waals surface area contributed by atoms with Crippen LogP contribution in [-0.4, -0.2) is 33.7 Å². The smallest absolute Gasteiger partial charge is 0.238 e. The lowest BCUT2D eigenvalue weighted by atomic mass is 10.1. The first-order valence-corrected chi connectivity index (χ1v) is 11.2. The Bertz CT molecular complexity index is 1110. The summed E-state index contributed by atoms with van der Waals surface area (Å²) in [5, 5.41) is 2.70. The number of anilines is 1. The minimum atomic E-state index is -0.602. The fourth-order valence-corrected chi connectivity index (χ4v) is 4.44. The van der Waals surface area contributed by atoms with Crippen molar-refractivity contribution in [2.24, 2.45) is 4.99 Å². The Balaban J connectivity index is 1.55. The van der Waals surface area contributed by atoms with Gasteiger partial charge >= 0.3 is 0 Å². The average Bonchev–Trinajstić information content (AvgIpc) is 2.81. The Kier molecular flexibility index (Phi) is 6.97. The van der Waals surface area contributed by atoms with Crippen molar-refractivity contribution in [1.82, 2.24) is 4.90 Å². The number of thioether (sulfide) groups is 1. The van der Waals surface area contributed by atoms with Crippen LogP contribution in [0.5, 0.6) is 0 Å². The van der Waals surface area contributed by atoms with Crippen LogP contribution in [0.4, 0.5) is 15.8 Å². The first-order chi connectivity index (χ1) is 15.6. The minimum absolute atomic E-state index is 0.0839. The van der Waals surface area contributed by atoms with Crippen molar-refractivity contribution in [3.05, 3.63) is 96.3 Å². The molecule has 0 radical (unpaired) electrons. The predicted molar refractivity (Wildman–Crippen MR) is 126 cm³/mol. The molecule has 162 valence electrons. The molecule has 3 aromatic carbocycles. The van der Waals surface area contributed by atoms with E-state index in [9.17, 15) is 14.0 Å². The molecular formula is C25H22FN3O2S. The molecule has 2 amide bonds. The third-order valence-corrected chi connectivity index (χ3v) is 6.18. The van der Waals surface area contributed by atoms with Crippen molar-refractivity contribution >= 4 is 40.1 Å². The Morgan fingerprint density at radius 3 is 2.34 bits per heavy atom. The van der Waals surface area contributed by atoms with Gasteiger partial charge in [-0.2, -0.15) is 0 Å². The average molecular weight is 448 g/mol. The number of hydrogen-bond donors (Lipinski definition) is 1. The monoisotopic (exact) mass is 447 g/mol. The zero-order valence-electron chi connectivity index (χ0n) is 17.3. The summed E-state index contributed by atoms with van der Waals surface area (Å²) in [5.74, 6) is -0.764. The molecular weight excluding hydrogens is 425 g/mol. The number of amides is 2. The maximum atomic E-state index is 13.3. The van der Waals surface area contributed by atoms with E-state index < -0.39 is 5.25 Å². The molecule has 0 aromatic heterocycles. The van der Waals surface area contributed by atoms with Crippen molar-refractivity contribution in [3.63, 3.8) is 0 Å². The molecule has 1 N–H and O–H groups in total. The van der Waals surface area contributed by atoms with Crippen LogP contribution in [0.1, 0.15) is 12.0 Å². The van der Waals surface area contributed by atoms with E-state index in [1.54, 1.807) is 29.2 Å². The van der Waals surface area contributed by atoms with Gasteiger partial charge in [0.15, 0.2) is 5.17 Å². The molecule has 0 spiro atoms. The molecule has 32 heavy (non-hydrogen) atoms. The highest BCUT2D eigenvalue weighted by Gasteiger charge is 2.35. The number of aliphatic imine (C=N–C) groups is 1. The molecule has 5 nitrogen and oxygen atoms in total. The SMILES string of the molecule is O=C(Nc1ccccc1)C1CC(=O)N(CCc2ccccc2)C(=Nc2ccc(F)cc2)S1. The van der Waals surface area contributed by atoms with E-state index in [4.69, 9.17) is 0 Å². The number of nitrogens with zero attached hydrogens (tertiary/aromatic N) is 2. The second kappa shape index (κ2) is 10.2. The summed E-state index contributed by atoms with van der Waals surface area (Å²) in [4.78, 5) is 32.1. The van der Waals surface area contributed by atoms with Gasteiger partial charge in [-0.25, -0.2) is 9.38 Å². The van der Waals surface area contributed by atoms with Crippen molar-refractivity contribution in [2.75, 3.05) is 11.9 Å². The van der Waals surface area contributed by atoms with Gasteiger partial charge in [-0.3, -0.25) is 14.5 Å². The van der Waals surface area contributed by atoms with Crippen LogP contribution in [0.2, 0.25) is 0 Å². The fourth-order valence-electron chi connectivity index (χ4n) is 3.32. The van der Waals surface area contributed by atoms with E-state index in [1.165, 1.54) is 23.9 Å². The molecule has 1 aliphatic heterocycles. The van der Waals surface area contributed by atoms with Crippen LogP contribution in [0.25, 0.3) is 0 Å². The normalized spacial score (nSPS) is 17.4. The quantitative estimate of drug-likeness (QED) is 0.577. The summed E-state index contributed by atoms with van der Waals surface area (Å²) in [5.41, 5.74) is 2.31. The minimum Gasteiger partial charge on any atom is -0.325 e. The van der Waals surface area contributed by atoms with Gasteiger partial charge in [-0.1, -0.05) is 60.3 Å². The lowest BCUT2D eigenvalue weighted by Crippen LogP contribution is -2.46. The summed E-state index contributed by atoms with van der Waals surface area (Å²) in [6.07, 6.45) is 0.747. The number of amidine groups is 1. The maximum Gasteiger partial charge on any atom is 0.238 e. The number of nitrogens with one attached hydrogen (secondary N) is 1. The number of benzene rings is 3.